The molecular formula is C19H29N3O2. The van der Waals surface area contributed by atoms with E-state index in [1.54, 1.807) is 0 Å². The fourth-order valence-electron chi connectivity index (χ4n) is 3.41. The molecule has 2 aliphatic heterocycles. The molecule has 3 rings (SSSR count). The third kappa shape index (κ3) is 5.58. The predicted molar refractivity (Wildman–Crippen MR) is 96.1 cm³/mol. The lowest BCUT2D eigenvalue weighted by Gasteiger charge is -2.26. The first-order valence-corrected chi connectivity index (χ1v) is 9.21. The SMILES string of the molecule is O=C(CN1CCCCCC1)Nc1ccc(CN2CCOCC2)cc1. The van der Waals surface area contributed by atoms with Crippen LogP contribution in [-0.4, -0.2) is 61.6 Å². The predicted octanol–water partition coefficient (Wildman–Crippen LogP) is 2.33. The standard InChI is InChI=1S/C19H29N3O2/c23-19(16-21-9-3-1-2-4-10-21)20-18-7-5-17(6-8-18)15-22-11-13-24-14-12-22/h5-8H,1-4,9-16H2,(H,20,23). The minimum Gasteiger partial charge on any atom is -0.379 e. The topological polar surface area (TPSA) is 44.8 Å². The first-order chi connectivity index (χ1) is 11.8. The van der Waals surface area contributed by atoms with E-state index in [0.717, 1.165) is 51.6 Å². The largest absolute Gasteiger partial charge is 0.379 e. The van der Waals surface area contributed by atoms with Crippen LogP contribution < -0.4 is 5.32 Å². The Labute approximate surface area is 145 Å². The Kier molecular flexibility index (Phi) is 6.64. The van der Waals surface area contributed by atoms with Crippen LogP contribution >= 0.6 is 0 Å². The van der Waals surface area contributed by atoms with Crippen LogP contribution in [-0.2, 0) is 16.1 Å². The lowest BCUT2D eigenvalue weighted by molar-refractivity contribution is -0.117. The molecule has 0 bridgehead atoms. The molecule has 2 saturated heterocycles. The van der Waals surface area contributed by atoms with Crippen LogP contribution in [0.25, 0.3) is 0 Å². The highest BCUT2D eigenvalue weighted by atomic mass is 16.5. The number of likely N-dealkylation sites (tertiary alicyclic amines) is 1. The van der Waals surface area contributed by atoms with E-state index in [2.05, 4.69) is 27.2 Å². The maximum absolute atomic E-state index is 12.2. The average molecular weight is 331 g/mol. The van der Waals surface area contributed by atoms with E-state index in [0.29, 0.717) is 6.54 Å². The van der Waals surface area contributed by atoms with Gasteiger partial charge in [-0.05, 0) is 43.6 Å². The van der Waals surface area contributed by atoms with Crippen LogP contribution in [0.5, 0.6) is 0 Å². The van der Waals surface area contributed by atoms with E-state index in [1.807, 2.05) is 12.1 Å². The van der Waals surface area contributed by atoms with Gasteiger partial charge in [0.15, 0.2) is 0 Å². The van der Waals surface area contributed by atoms with E-state index in [1.165, 1.54) is 31.2 Å². The molecule has 0 saturated carbocycles. The summed E-state index contributed by atoms with van der Waals surface area (Å²) in [7, 11) is 0. The third-order valence-corrected chi connectivity index (χ3v) is 4.81. The lowest BCUT2D eigenvalue weighted by Crippen LogP contribution is -2.35. The number of ether oxygens (including phenoxy) is 1. The van der Waals surface area contributed by atoms with Crippen LogP contribution in [0.15, 0.2) is 24.3 Å². The smallest absolute Gasteiger partial charge is 0.238 e. The van der Waals surface area contributed by atoms with Crippen molar-refractivity contribution in [1.82, 2.24) is 9.80 Å². The van der Waals surface area contributed by atoms with Gasteiger partial charge in [-0.25, -0.2) is 0 Å². The first-order valence-electron chi connectivity index (χ1n) is 9.21. The zero-order chi connectivity index (χ0) is 16.6. The molecule has 1 aromatic rings. The number of hydrogen-bond acceptors (Lipinski definition) is 4. The Morgan fingerprint density at radius 3 is 2.25 bits per heavy atom. The van der Waals surface area contributed by atoms with Gasteiger partial charge < -0.3 is 10.1 Å². The zero-order valence-corrected chi connectivity index (χ0v) is 14.5. The molecule has 132 valence electrons. The van der Waals surface area contributed by atoms with Crippen molar-refractivity contribution in [3.8, 4) is 0 Å². The summed E-state index contributed by atoms with van der Waals surface area (Å²) >= 11 is 0. The van der Waals surface area contributed by atoms with Crippen molar-refractivity contribution in [3.63, 3.8) is 0 Å². The van der Waals surface area contributed by atoms with E-state index < -0.39 is 0 Å². The van der Waals surface area contributed by atoms with Gasteiger partial charge in [-0.1, -0.05) is 25.0 Å². The van der Waals surface area contributed by atoms with Crippen LogP contribution in [0.2, 0.25) is 0 Å². The molecule has 1 amide bonds. The first kappa shape index (κ1) is 17.4. The molecule has 0 unspecified atom stereocenters. The molecule has 5 nitrogen and oxygen atoms in total. The van der Waals surface area contributed by atoms with Crippen LogP contribution in [0.3, 0.4) is 0 Å². The molecule has 0 aromatic heterocycles. The Hall–Kier alpha value is -1.43. The Morgan fingerprint density at radius 2 is 1.58 bits per heavy atom. The number of benzene rings is 1. The van der Waals surface area contributed by atoms with Gasteiger partial charge in [0, 0.05) is 25.3 Å². The van der Waals surface area contributed by atoms with Crippen molar-refractivity contribution in [1.29, 1.82) is 0 Å². The van der Waals surface area contributed by atoms with Crippen molar-refractivity contribution in [2.75, 3.05) is 51.3 Å². The highest BCUT2D eigenvalue weighted by Crippen LogP contribution is 2.13. The number of amides is 1. The Bertz CT molecular complexity index is 504. The normalized spacial score (nSPS) is 20.5. The van der Waals surface area contributed by atoms with Gasteiger partial charge in [0.2, 0.25) is 5.91 Å². The second-order valence-electron chi connectivity index (χ2n) is 6.82. The van der Waals surface area contributed by atoms with Crippen LogP contribution in [0.1, 0.15) is 31.2 Å². The fraction of sp³-hybridized carbons (Fsp3) is 0.632. The zero-order valence-electron chi connectivity index (χ0n) is 14.5. The van der Waals surface area contributed by atoms with Gasteiger partial charge in [-0.3, -0.25) is 14.6 Å². The van der Waals surface area contributed by atoms with Gasteiger partial charge in [-0.2, -0.15) is 0 Å². The summed E-state index contributed by atoms with van der Waals surface area (Å²) in [6.45, 7) is 7.19. The number of rotatable bonds is 5. The van der Waals surface area contributed by atoms with Crippen molar-refractivity contribution in [2.45, 2.75) is 32.2 Å². The number of nitrogens with one attached hydrogen (secondary N) is 1. The van der Waals surface area contributed by atoms with Crippen LogP contribution in [0.4, 0.5) is 5.69 Å². The van der Waals surface area contributed by atoms with E-state index in [-0.39, 0.29) is 5.91 Å². The van der Waals surface area contributed by atoms with Crippen molar-refractivity contribution in [2.24, 2.45) is 0 Å². The molecule has 0 radical (unpaired) electrons. The summed E-state index contributed by atoms with van der Waals surface area (Å²) < 4.78 is 5.38. The number of carbonyl (C=O) groups is 1. The molecule has 2 fully saturated rings. The van der Waals surface area contributed by atoms with Gasteiger partial charge >= 0.3 is 0 Å². The van der Waals surface area contributed by atoms with Gasteiger partial charge in [0.1, 0.15) is 0 Å². The molecular weight excluding hydrogens is 302 g/mol. The van der Waals surface area contributed by atoms with E-state index >= 15 is 0 Å². The van der Waals surface area contributed by atoms with Crippen molar-refractivity contribution < 1.29 is 9.53 Å². The fourth-order valence-corrected chi connectivity index (χ4v) is 3.41. The summed E-state index contributed by atoms with van der Waals surface area (Å²) in [6.07, 6.45) is 5.01. The molecule has 5 heteroatoms. The monoisotopic (exact) mass is 331 g/mol. The number of anilines is 1. The number of hydrogen-bond donors (Lipinski definition) is 1. The second kappa shape index (κ2) is 9.16. The van der Waals surface area contributed by atoms with Gasteiger partial charge in [0.25, 0.3) is 0 Å². The molecule has 1 aromatic carbocycles. The maximum atomic E-state index is 12.2. The van der Waals surface area contributed by atoms with Gasteiger partial charge in [0.05, 0.1) is 19.8 Å². The Morgan fingerprint density at radius 1 is 0.917 bits per heavy atom. The third-order valence-electron chi connectivity index (χ3n) is 4.81. The average Bonchev–Trinajstić information content (AvgIpc) is 2.86. The summed E-state index contributed by atoms with van der Waals surface area (Å²) in [5, 5.41) is 3.03. The molecule has 2 heterocycles. The molecule has 2 aliphatic rings. The summed E-state index contributed by atoms with van der Waals surface area (Å²) in [6, 6.07) is 8.24. The minimum atomic E-state index is 0.0952. The molecule has 0 spiro atoms. The van der Waals surface area contributed by atoms with Crippen molar-refractivity contribution >= 4 is 11.6 Å². The van der Waals surface area contributed by atoms with Crippen molar-refractivity contribution in [3.05, 3.63) is 29.8 Å². The molecule has 24 heavy (non-hydrogen) atoms. The number of carbonyl (C=O) groups excluding carboxylic acids is 1. The summed E-state index contributed by atoms with van der Waals surface area (Å²) in [5.41, 5.74) is 2.17. The molecule has 0 atom stereocenters. The second-order valence-corrected chi connectivity index (χ2v) is 6.82. The van der Waals surface area contributed by atoms with E-state index in [9.17, 15) is 4.79 Å². The Balaban J connectivity index is 1.45. The lowest BCUT2D eigenvalue weighted by atomic mass is 10.2. The maximum Gasteiger partial charge on any atom is 0.238 e. The summed E-state index contributed by atoms with van der Waals surface area (Å²) in [4.78, 5) is 16.9. The minimum absolute atomic E-state index is 0.0952. The number of nitrogens with zero attached hydrogens (tertiary/aromatic N) is 2. The van der Waals surface area contributed by atoms with Crippen LogP contribution in [0, 0.1) is 0 Å². The highest BCUT2D eigenvalue weighted by Gasteiger charge is 2.13. The molecule has 1 N–H and O–H groups in total. The quantitative estimate of drug-likeness (QED) is 0.899. The molecule has 0 aliphatic carbocycles. The van der Waals surface area contributed by atoms with E-state index in [4.69, 9.17) is 4.74 Å². The number of morpholine rings is 1. The summed E-state index contributed by atoms with van der Waals surface area (Å²) in [5.74, 6) is 0.0952. The van der Waals surface area contributed by atoms with Gasteiger partial charge in [-0.15, -0.1) is 0 Å². The highest BCUT2D eigenvalue weighted by molar-refractivity contribution is 5.92.